The molecule has 0 aliphatic rings. The van der Waals surface area contributed by atoms with Crippen molar-refractivity contribution in [2.75, 3.05) is 6.61 Å². The molecule has 0 saturated heterocycles. The van der Waals surface area contributed by atoms with Crippen LogP contribution in [0, 0.1) is 0 Å². The Morgan fingerprint density at radius 3 is 2.08 bits per heavy atom. The monoisotopic (exact) mass is 342 g/mol. The zero-order valence-corrected chi connectivity index (χ0v) is 15.1. The van der Waals surface area contributed by atoms with Crippen LogP contribution in [0.15, 0.2) is 84.9 Å². The van der Waals surface area contributed by atoms with Gasteiger partial charge in [-0.05, 0) is 53.3 Å². The molecule has 26 heavy (non-hydrogen) atoms. The molecule has 0 spiro atoms. The van der Waals surface area contributed by atoms with Crippen LogP contribution in [0.5, 0.6) is 0 Å². The van der Waals surface area contributed by atoms with E-state index < -0.39 is 0 Å². The highest BCUT2D eigenvalue weighted by Gasteiger charge is 2.10. The summed E-state index contributed by atoms with van der Waals surface area (Å²) < 4.78 is 5.06. The first kappa shape index (κ1) is 17.7. The Labute approximate surface area is 154 Å². The minimum absolute atomic E-state index is 0.309. The molecule has 3 aromatic rings. The van der Waals surface area contributed by atoms with E-state index in [4.69, 9.17) is 4.74 Å². The number of carbonyl (C=O) groups excluding carboxylic acids is 1. The Hall–Kier alpha value is -3.13. The smallest absolute Gasteiger partial charge is 0.331 e. The number of ether oxygens (including phenoxy) is 1. The lowest BCUT2D eigenvalue weighted by molar-refractivity contribution is -0.137. The van der Waals surface area contributed by atoms with Crippen molar-refractivity contribution in [1.82, 2.24) is 0 Å². The molecule has 0 aliphatic carbocycles. The zero-order valence-electron chi connectivity index (χ0n) is 15.1. The molecule has 3 rings (SSSR count). The van der Waals surface area contributed by atoms with Gasteiger partial charge in [0.1, 0.15) is 0 Å². The van der Waals surface area contributed by atoms with Gasteiger partial charge in [-0.25, -0.2) is 4.79 Å². The van der Waals surface area contributed by atoms with E-state index in [1.807, 2.05) is 50.2 Å². The predicted molar refractivity (Wildman–Crippen MR) is 108 cm³/mol. The van der Waals surface area contributed by atoms with Gasteiger partial charge in [-0.15, -0.1) is 0 Å². The molecule has 0 saturated carbocycles. The summed E-state index contributed by atoms with van der Waals surface area (Å²) in [6.45, 7) is 4.13. The fourth-order valence-electron chi connectivity index (χ4n) is 2.99. The summed E-state index contributed by atoms with van der Waals surface area (Å²) in [6.07, 6.45) is 1.56. The number of esters is 1. The van der Waals surface area contributed by atoms with Crippen LogP contribution in [0.1, 0.15) is 19.4 Å². The third kappa shape index (κ3) is 4.09. The van der Waals surface area contributed by atoms with Crippen molar-refractivity contribution in [1.29, 1.82) is 0 Å². The highest BCUT2D eigenvalue weighted by atomic mass is 16.5. The average Bonchev–Trinajstić information content (AvgIpc) is 2.69. The van der Waals surface area contributed by atoms with E-state index in [9.17, 15) is 4.79 Å². The Morgan fingerprint density at radius 2 is 1.46 bits per heavy atom. The largest absolute Gasteiger partial charge is 0.463 e. The summed E-state index contributed by atoms with van der Waals surface area (Å²) in [7, 11) is 0. The van der Waals surface area contributed by atoms with Crippen LogP contribution in [-0.4, -0.2) is 12.6 Å². The Kier molecular flexibility index (Phi) is 5.65. The summed E-state index contributed by atoms with van der Waals surface area (Å²) >= 11 is 0. The minimum atomic E-state index is -0.309. The van der Waals surface area contributed by atoms with Crippen LogP contribution in [0.4, 0.5) is 0 Å². The fourth-order valence-corrected chi connectivity index (χ4v) is 2.99. The molecule has 0 aliphatic heterocycles. The fraction of sp³-hybridized carbons (Fsp3) is 0.125. The molecule has 0 atom stereocenters. The standard InChI is InChI=1S/C24H22O2/c1-3-26-24(25)16-18(2)22-15-14-21(19-10-6-4-7-11-19)17-23(22)20-12-8-5-9-13-20/h4-17H,3H2,1-2H3. The van der Waals surface area contributed by atoms with E-state index in [1.54, 1.807) is 6.08 Å². The summed E-state index contributed by atoms with van der Waals surface area (Å²) in [5.41, 5.74) is 6.47. The first-order valence-corrected chi connectivity index (χ1v) is 8.79. The number of hydrogen-bond acceptors (Lipinski definition) is 2. The number of allylic oxidation sites excluding steroid dienone is 1. The second-order valence-corrected chi connectivity index (χ2v) is 6.07. The maximum absolute atomic E-state index is 11.9. The molecular formula is C24H22O2. The van der Waals surface area contributed by atoms with Crippen LogP contribution in [0.2, 0.25) is 0 Å². The van der Waals surface area contributed by atoms with Crippen molar-refractivity contribution in [3.05, 3.63) is 90.5 Å². The number of benzene rings is 3. The van der Waals surface area contributed by atoms with Crippen LogP contribution < -0.4 is 0 Å². The zero-order chi connectivity index (χ0) is 18.4. The number of hydrogen-bond donors (Lipinski definition) is 0. The van der Waals surface area contributed by atoms with Gasteiger partial charge in [0.2, 0.25) is 0 Å². The molecule has 0 fully saturated rings. The molecule has 0 unspecified atom stereocenters. The van der Waals surface area contributed by atoms with Gasteiger partial charge in [0.15, 0.2) is 0 Å². The third-order valence-corrected chi connectivity index (χ3v) is 4.26. The van der Waals surface area contributed by atoms with Crippen molar-refractivity contribution in [2.45, 2.75) is 13.8 Å². The van der Waals surface area contributed by atoms with Crippen LogP contribution >= 0.6 is 0 Å². The topological polar surface area (TPSA) is 26.3 Å². The second kappa shape index (κ2) is 8.30. The molecule has 2 nitrogen and oxygen atoms in total. The summed E-state index contributed by atoms with van der Waals surface area (Å²) in [4.78, 5) is 11.9. The SMILES string of the molecule is CCOC(=O)C=C(C)c1ccc(-c2ccccc2)cc1-c1ccccc1. The highest BCUT2D eigenvalue weighted by Crippen LogP contribution is 2.33. The van der Waals surface area contributed by atoms with Gasteiger partial charge in [-0.2, -0.15) is 0 Å². The lowest BCUT2D eigenvalue weighted by Crippen LogP contribution is -2.00. The lowest BCUT2D eigenvalue weighted by atomic mass is 9.91. The first-order valence-electron chi connectivity index (χ1n) is 8.79. The van der Waals surface area contributed by atoms with Crippen molar-refractivity contribution < 1.29 is 9.53 Å². The van der Waals surface area contributed by atoms with Crippen LogP contribution in [-0.2, 0) is 9.53 Å². The van der Waals surface area contributed by atoms with E-state index in [1.165, 1.54) is 5.56 Å². The van der Waals surface area contributed by atoms with E-state index in [2.05, 4.69) is 42.5 Å². The van der Waals surface area contributed by atoms with Gasteiger partial charge >= 0.3 is 5.97 Å². The van der Waals surface area contributed by atoms with E-state index in [0.29, 0.717) is 6.61 Å². The predicted octanol–water partition coefficient (Wildman–Crippen LogP) is 5.99. The van der Waals surface area contributed by atoms with Gasteiger partial charge in [-0.1, -0.05) is 72.8 Å². The van der Waals surface area contributed by atoms with Crippen molar-refractivity contribution in [3.63, 3.8) is 0 Å². The third-order valence-electron chi connectivity index (χ3n) is 4.26. The number of rotatable bonds is 5. The van der Waals surface area contributed by atoms with Gasteiger partial charge in [0.25, 0.3) is 0 Å². The van der Waals surface area contributed by atoms with Crippen molar-refractivity contribution in [2.24, 2.45) is 0 Å². The van der Waals surface area contributed by atoms with E-state index in [-0.39, 0.29) is 5.97 Å². The van der Waals surface area contributed by atoms with Gasteiger partial charge in [-0.3, -0.25) is 0 Å². The molecule has 0 N–H and O–H groups in total. The lowest BCUT2D eigenvalue weighted by Gasteiger charge is -2.13. The van der Waals surface area contributed by atoms with Gasteiger partial charge in [0.05, 0.1) is 6.61 Å². The van der Waals surface area contributed by atoms with Crippen molar-refractivity contribution >= 4 is 11.5 Å². The maximum Gasteiger partial charge on any atom is 0.331 e. The molecule has 0 heterocycles. The molecule has 2 heteroatoms. The summed E-state index contributed by atoms with van der Waals surface area (Å²) in [6, 6.07) is 26.9. The Morgan fingerprint density at radius 1 is 0.846 bits per heavy atom. The first-order chi connectivity index (χ1) is 12.7. The van der Waals surface area contributed by atoms with E-state index in [0.717, 1.165) is 27.8 Å². The number of carbonyl (C=O) groups is 1. The maximum atomic E-state index is 11.9. The highest BCUT2D eigenvalue weighted by molar-refractivity contribution is 5.94. The molecule has 0 aromatic heterocycles. The Bertz CT molecular complexity index is 909. The summed E-state index contributed by atoms with van der Waals surface area (Å²) in [5.74, 6) is -0.309. The normalized spacial score (nSPS) is 11.2. The molecule has 3 aromatic carbocycles. The molecule has 0 amide bonds. The molecule has 130 valence electrons. The van der Waals surface area contributed by atoms with Crippen molar-refractivity contribution in [3.8, 4) is 22.3 Å². The minimum Gasteiger partial charge on any atom is -0.463 e. The molecular weight excluding hydrogens is 320 g/mol. The quantitative estimate of drug-likeness (QED) is 0.421. The molecule has 0 bridgehead atoms. The molecule has 0 radical (unpaired) electrons. The summed E-state index contributed by atoms with van der Waals surface area (Å²) in [5, 5.41) is 0. The Balaban J connectivity index is 2.11. The van der Waals surface area contributed by atoms with Gasteiger partial charge in [0, 0.05) is 6.08 Å². The van der Waals surface area contributed by atoms with Gasteiger partial charge < -0.3 is 4.74 Å². The second-order valence-electron chi connectivity index (χ2n) is 6.07. The van der Waals surface area contributed by atoms with E-state index >= 15 is 0 Å². The van der Waals surface area contributed by atoms with Crippen LogP contribution in [0.25, 0.3) is 27.8 Å². The average molecular weight is 342 g/mol. The van der Waals surface area contributed by atoms with Crippen LogP contribution in [0.3, 0.4) is 0 Å².